The van der Waals surface area contributed by atoms with Gasteiger partial charge in [-0.2, -0.15) is 0 Å². The molecule has 0 aliphatic rings. The van der Waals surface area contributed by atoms with Gasteiger partial charge in [-0.3, -0.25) is 4.98 Å². The minimum absolute atomic E-state index is 0.689. The highest BCUT2D eigenvalue weighted by Gasteiger charge is 2.15. The van der Waals surface area contributed by atoms with Gasteiger partial charge in [0.15, 0.2) is 5.82 Å². The summed E-state index contributed by atoms with van der Waals surface area (Å²) in [5, 5.41) is 1.02. The van der Waals surface area contributed by atoms with E-state index in [2.05, 4.69) is 169 Å². The SMILES string of the molecule is c1ccc(-c2ccc(-c3cc(-c4ccc(-c5ccncc5)cc4)cc(-c4nc(-c5ccccc5)c5ccc(-c6ccccc6)cc5n4)c3)cc2)cc1. The lowest BCUT2D eigenvalue weighted by Crippen LogP contribution is -1.97. The summed E-state index contributed by atoms with van der Waals surface area (Å²) in [6.07, 6.45) is 3.66. The second-order valence-corrected chi connectivity index (χ2v) is 12.9. The highest BCUT2D eigenvalue weighted by molar-refractivity contribution is 5.96. The number of aromatic nitrogens is 3. The normalized spacial score (nSPS) is 11.1. The van der Waals surface area contributed by atoms with E-state index >= 15 is 0 Å². The first kappa shape index (κ1) is 31.0. The van der Waals surface area contributed by atoms with Crippen molar-refractivity contribution >= 4 is 10.9 Å². The Hall–Kier alpha value is -6.97. The molecule has 0 N–H and O–H groups in total. The zero-order chi connectivity index (χ0) is 34.7. The first-order valence-electron chi connectivity index (χ1n) is 17.5. The summed E-state index contributed by atoms with van der Waals surface area (Å²) in [5.74, 6) is 0.689. The van der Waals surface area contributed by atoms with Gasteiger partial charge in [0.05, 0.1) is 11.2 Å². The van der Waals surface area contributed by atoms with Crippen molar-refractivity contribution in [1.82, 2.24) is 15.0 Å². The number of fused-ring (bicyclic) bond motifs is 1. The lowest BCUT2D eigenvalue weighted by Gasteiger charge is -2.14. The van der Waals surface area contributed by atoms with E-state index in [1.54, 1.807) is 0 Å². The highest BCUT2D eigenvalue weighted by atomic mass is 14.9. The number of nitrogens with zero attached hydrogens (tertiary/aromatic N) is 3. The molecule has 244 valence electrons. The van der Waals surface area contributed by atoms with Gasteiger partial charge in [-0.05, 0) is 98.1 Å². The third-order valence-corrected chi connectivity index (χ3v) is 9.60. The minimum atomic E-state index is 0.689. The summed E-state index contributed by atoms with van der Waals surface area (Å²) in [7, 11) is 0. The molecule has 7 aromatic carbocycles. The van der Waals surface area contributed by atoms with Gasteiger partial charge >= 0.3 is 0 Å². The van der Waals surface area contributed by atoms with Crippen molar-refractivity contribution in [3.63, 3.8) is 0 Å². The standard InChI is InChI=1S/C49H33N3/c1-4-10-34(11-5-1)36-16-20-38(21-17-36)43-30-44(39-22-18-37(19-23-39)40-26-28-50-29-27-40)32-45(31-43)49-51-47-33-42(35-12-6-2-7-13-35)24-25-46(47)48(52-49)41-14-8-3-9-15-41/h1-33H. The number of hydrogen-bond donors (Lipinski definition) is 0. The second kappa shape index (κ2) is 13.7. The fraction of sp³-hybridized carbons (Fsp3) is 0. The smallest absolute Gasteiger partial charge is 0.160 e. The molecule has 9 rings (SSSR count). The molecule has 3 heteroatoms. The number of rotatable bonds is 7. The minimum Gasteiger partial charge on any atom is -0.265 e. The summed E-state index contributed by atoms with van der Waals surface area (Å²) in [6.45, 7) is 0. The van der Waals surface area contributed by atoms with Crippen LogP contribution in [0, 0.1) is 0 Å². The van der Waals surface area contributed by atoms with Crippen molar-refractivity contribution in [2.24, 2.45) is 0 Å². The lowest BCUT2D eigenvalue weighted by molar-refractivity contribution is 1.23. The first-order valence-corrected chi connectivity index (χ1v) is 17.5. The maximum atomic E-state index is 5.30. The van der Waals surface area contributed by atoms with E-state index in [-0.39, 0.29) is 0 Å². The number of benzene rings is 7. The molecule has 9 aromatic rings. The van der Waals surface area contributed by atoms with Gasteiger partial charge in [0.2, 0.25) is 0 Å². The highest BCUT2D eigenvalue weighted by Crippen LogP contribution is 2.37. The van der Waals surface area contributed by atoms with Gasteiger partial charge in [0.1, 0.15) is 0 Å². The average Bonchev–Trinajstić information content (AvgIpc) is 3.24. The average molecular weight is 664 g/mol. The summed E-state index contributed by atoms with van der Waals surface area (Å²) in [6, 6.07) is 66.3. The van der Waals surface area contributed by atoms with E-state index < -0.39 is 0 Å². The Morgan fingerprint density at radius 1 is 0.269 bits per heavy atom. The van der Waals surface area contributed by atoms with E-state index in [0.717, 1.165) is 72.2 Å². The zero-order valence-corrected chi connectivity index (χ0v) is 28.4. The van der Waals surface area contributed by atoms with E-state index in [1.165, 1.54) is 11.1 Å². The Balaban J connectivity index is 1.22. The molecule has 52 heavy (non-hydrogen) atoms. The van der Waals surface area contributed by atoms with E-state index in [4.69, 9.17) is 9.97 Å². The van der Waals surface area contributed by atoms with Gasteiger partial charge < -0.3 is 0 Å². The fourth-order valence-corrected chi connectivity index (χ4v) is 6.86. The maximum absolute atomic E-state index is 5.30. The molecule has 0 aliphatic carbocycles. The molecule has 0 aliphatic heterocycles. The van der Waals surface area contributed by atoms with Crippen LogP contribution < -0.4 is 0 Å². The quantitative estimate of drug-likeness (QED) is 0.170. The molecule has 0 saturated carbocycles. The molecule has 2 aromatic heterocycles. The Labute approximate surface area is 303 Å². The van der Waals surface area contributed by atoms with Crippen molar-refractivity contribution in [1.29, 1.82) is 0 Å². The molecule has 0 unspecified atom stereocenters. The molecular weight excluding hydrogens is 631 g/mol. The summed E-state index contributed by atoms with van der Waals surface area (Å²) in [4.78, 5) is 14.8. The van der Waals surface area contributed by atoms with Gasteiger partial charge in [-0.25, -0.2) is 9.97 Å². The molecule has 0 fully saturated rings. The van der Waals surface area contributed by atoms with E-state index in [1.807, 2.05) is 36.7 Å². The maximum Gasteiger partial charge on any atom is 0.160 e. The van der Waals surface area contributed by atoms with Crippen LogP contribution in [0.1, 0.15) is 0 Å². The number of pyridine rings is 1. The van der Waals surface area contributed by atoms with Gasteiger partial charge in [0.25, 0.3) is 0 Å². The topological polar surface area (TPSA) is 38.7 Å². The first-order chi connectivity index (χ1) is 25.7. The monoisotopic (exact) mass is 663 g/mol. The largest absolute Gasteiger partial charge is 0.265 e. The van der Waals surface area contributed by atoms with Gasteiger partial charge in [-0.1, -0.05) is 146 Å². The third kappa shape index (κ3) is 6.28. The molecule has 0 saturated heterocycles. The van der Waals surface area contributed by atoms with E-state index in [0.29, 0.717) is 5.82 Å². The molecule has 0 atom stereocenters. The molecule has 0 amide bonds. The van der Waals surface area contributed by atoms with Crippen LogP contribution in [0.3, 0.4) is 0 Å². The van der Waals surface area contributed by atoms with Crippen molar-refractivity contribution < 1.29 is 0 Å². The van der Waals surface area contributed by atoms with Crippen LogP contribution in [-0.4, -0.2) is 15.0 Å². The van der Waals surface area contributed by atoms with Crippen molar-refractivity contribution in [3.05, 3.63) is 200 Å². The van der Waals surface area contributed by atoms with Crippen LogP contribution >= 0.6 is 0 Å². The predicted molar refractivity (Wildman–Crippen MR) is 215 cm³/mol. The van der Waals surface area contributed by atoms with Gasteiger partial charge in [0, 0.05) is 28.9 Å². The molecular formula is C49H33N3. The van der Waals surface area contributed by atoms with Gasteiger partial charge in [-0.15, -0.1) is 0 Å². The van der Waals surface area contributed by atoms with E-state index in [9.17, 15) is 0 Å². The Morgan fingerprint density at radius 2 is 0.673 bits per heavy atom. The fourth-order valence-electron chi connectivity index (χ4n) is 6.86. The lowest BCUT2D eigenvalue weighted by atomic mass is 9.93. The molecule has 3 nitrogen and oxygen atoms in total. The van der Waals surface area contributed by atoms with Crippen LogP contribution in [-0.2, 0) is 0 Å². The Bertz CT molecular complexity index is 2520. The Kier molecular flexibility index (Phi) is 8.20. The molecule has 0 radical (unpaired) electrons. The van der Waals surface area contributed by atoms with Crippen LogP contribution in [0.2, 0.25) is 0 Å². The van der Waals surface area contributed by atoms with Crippen LogP contribution in [0.25, 0.3) is 89.2 Å². The van der Waals surface area contributed by atoms with Crippen molar-refractivity contribution in [3.8, 4) is 78.3 Å². The van der Waals surface area contributed by atoms with Crippen LogP contribution in [0.5, 0.6) is 0 Å². The number of hydrogen-bond acceptors (Lipinski definition) is 3. The molecule has 0 bridgehead atoms. The summed E-state index contributed by atoms with van der Waals surface area (Å²) < 4.78 is 0. The predicted octanol–water partition coefficient (Wildman–Crippen LogP) is 12.7. The molecule has 0 spiro atoms. The Morgan fingerprint density at radius 3 is 1.21 bits per heavy atom. The second-order valence-electron chi connectivity index (χ2n) is 12.9. The zero-order valence-electron chi connectivity index (χ0n) is 28.4. The third-order valence-electron chi connectivity index (χ3n) is 9.60. The van der Waals surface area contributed by atoms with Crippen LogP contribution in [0.4, 0.5) is 0 Å². The summed E-state index contributed by atoms with van der Waals surface area (Å²) >= 11 is 0. The van der Waals surface area contributed by atoms with Crippen molar-refractivity contribution in [2.75, 3.05) is 0 Å². The van der Waals surface area contributed by atoms with Crippen LogP contribution in [0.15, 0.2) is 200 Å². The molecule has 2 heterocycles. The summed E-state index contributed by atoms with van der Waals surface area (Å²) in [5.41, 5.74) is 15.3. The van der Waals surface area contributed by atoms with Crippen molar-refractivity contribution in [2.45, 2.75) is 0 Å².